The number of carbonyl (C=O) groups excluding carboxylic acids is 2. The van der Waals surface area contributed by atoms with Crippen LogP contribution in [-0.2, 0) is 19.1 Å². The smallest absolute Gasteiger partial charge is 0.339 e. The molecular weight excluding hydrogens is 256 g/mol. The van der Waals surface area contributed by atoms with Gasteiger partial charge in [-0.1, -0.05) is 17.7 Å². The summed E-state index contributed by atoms with van der Waals surface area (Å²) >= 11 is 0. The first-order chi connectivity index (χ1) is 9.31. The van der Waals surface area contributed by atoms with Gasteiger partial charge in [0, 0.05) is 0 Å². The highest BCUT2D eigenvalue weighted by atomic mass is 16.5. The lowest BCUT2D eigenvalue weighted by Crippen LogP contribution is -2.19. The maximum Gasteiger partial charge on any atom is 0.339 e. The van der Waals surface area contributed by atoms with Gasteiger partial charge in [-0.2, -0.15) is 0 Å². The van der Waals surface area contributed by atoms with E-state index in [-0.39, 0.29) is 23.4 Å². The molecule has 0 unspecified atom stereocenters. The Labute approximate surface area is 120 Å². The van der Waals surface area contributed by atoms with Gasteiger partial charge >= 0.3 is 11.9 Å². The molecule has 4 nitrogen and oxygen atoms in total. The van der Waals surface area contributed by atoms with Gasteiger partial charge in [0.1, 0.15) is 0 Å². The van der Waals surface area contributed by atoms with Crippen LogP contribution in [0.1, 0.15) is 41.0 Å². The van der Waals surface area contributed by atoms with Crippen LogP contribution < -0.4 is 0 Å². The molecule has 0 heterocycles. The number of allylic oxidation sites excluding steroid dienone is 2. The second-order valence-corrected chi connectivity index (χ2v) is 5.33. The Hall–Kier alpha value is -1.84. The highest BCUT2D eigenvalue weighted by Gasteiger charge is 2.22. The summed E-state index contributed by atoms with van der Waals surface area (Å²) in [6.07, 6.45) is 5.39. The molecule has 0 radical (unpaired) electrons. The van der Waals surface area contributed by atoms with Crippen molar-refractivity contribution < 1.29 is 19.1 Å². The van der Waals surface area contributed by atoms with Gasteiger partial charge in [-0.15, -0.1) is 0 Å². The number of esters is 2. The Balaban J connectivity index is 3.18. The summed E-state index contributed by atoms with van der Waals surface area (Å²) in [5, 5.41) is 0. The van der Waals surface area contributed by atoms with E-state index in [1.54, 1.807) is 39.8 Å². The van der Waals surface area contributed by atoms with Crippen molar-refractivity contribution in [2.45, 2.75) is 53.2 Å². The van der Waals surface area contributed by atoms with E-state index in [9.17, 15) is 9.59 Å². The number of ether oxygens (including phenoxy) is 2. The van der Waals surface area contributed by atoms with E-state index in [2.05, 4.69) is 0 Å². The van der Waals surface area contributed by atoms with Crippen LogP contribution in [0.15, 0.2) is 34.9 Å². The molecule has 0 aromatic carbocycles. The van der Waals surface area contributed by atoms with E-state index >= 15 is 0 Å². The molecule has 0 atom stereocenters. The third-order valence-corrected chi connectivity index (χ3v) is 2.53. The molecule has 4 heteroatoms. The summed E-state index contributed by atoms with van der Waals surface area (Å²) in [5.41, 5.74) is 1.50. The average molecular weight is 278 g/mol. The molecule has 1 aliphatic rings. The zero-order chi connectivity index (χ0) is 15.3. The van der Waals surface area contributed by atoms with Crippen molar-refractivity contribution in [1.82, 2.24) is 0 Å². The quantitative estimate of drug-likeness (QED) is 0.741. The number of hydrogen-bond donors (Lipinski definition) is 0. The molecule has 0 amide bonds. The molecule has 1 rings (SSSR count). The molecule has 0 fully saturated rings. The molecule has 20 heavy (non-hydrogen) atoms. The number of rotatable bonds is 4. The third kappa shape index (κ3) is 4.68. The van der Waals surface area contributed by atoms with Crippen LogP contribution in [-0.4, -0.2) is 24.1 Å². The fourth-order valence-electron chi connectivity index (χ4n) is 1.74. The van der Waals surface area contributed by atoms with Crippen LogP contribution in [0.2, 0.25) is 0 Å². The Kier molecular flexibility index (Phi) is 5.74. The van der Waals surface area contributed by atoms with Crippen LogP contribution >= 0.6 is 0 Å². The normalized spacial score (nSPS) is 15.2. The van der Waals surface area contributed by atoms with Gasteiger partial charge in [0.2, 0.25) is 0 Å². The first kappa shape index (κ1) is 16.2. The molecule has 0 aromatic rings. The summed E-state index contributed by atoms with van der Waals surface area (Å²) in [5.74, 6) is -1.00. The van der Waals surface area contributed by atoms with Crippen LogP contribution in [0.4, 0.5) is 0 Å². The molecular formula is C16H22O4. The Morgan fingerprint density at radius 1 is 1.00 bits per heavy atom. The average Bonchev–Trinajstić information content (AvgIpc) is 2.49. The Morgan fingerprint density at radius 3 is 2.00 bits per heavy atom. The topological polar surface area (TPSA) is 52.6 Å². The van der Waals surface area contributed by atoms with Gasteiger partial charge in [0.05, 0.1) is 23.4 Å². The van der Waals surface area contributed by atoms with Crippen molar-refractivity contribution in [3.05, 3.63) is 34.9 Å². The molecule has 1 aliphatic carbocycles. The zero-order valence-corrected chi connectivity index (χ0v) is 12.7. The molecule has 110 valence electrons. The lowest BCUT2D eigenvalue weighted by atomic mass is 10.1. The van der Waals surface area contributed by atoms with Crippen LogP contribution in [0.5, 0.6) is 0 Å². The minimum absolute atomic E-state index is 0.237. The van der Waals surface area contributed by atoms with Crippen LogP contribution in [0, 0.1) is 0 Å². The van der Waals surface area contributed by atoms with Gasteiger partial charge in [-0.05, 0) is 47.1 Å². The largest absolute Gasteiger partial charge is 0.459 e. The fraction of sp³-hybridized carbons (Fsp3) is 0.500. The number of hydrogen-bond acceptors (Lipinski definition) is 4. The molecule has 0 spiro atoms. The predicted molar refractivity (Wildman–Crippen MR) is 77.0 cm³/mol. The van der Waals surface area contributed by atoms with Gasteiger partial charge in [-0.25, -0.2) is 9.59 Å². The number of carbonyl (C=O) groups is 2. The third-order valence-electron chi connectivity index (χ3n) is 2.53. The molecule has 0 bridgehead atoms. The van der Waals surface area contributed by atoms with E-state index in [0.717, 1.165) is 5.57 Å². The summed E-state index contributed by atoms with van der Waals surface area (Å²) < 4.78 is 10.4. The first-order valence-electron chi connectivity index (χ1n) is 6.81. The van der Waals surface area contributed by atoms with Crippen molar-refractivity contribution >= 4 is 11.9 Å². The predicted octanol–water partition coefficient (Wildman–Crippen LogP) is 3.09. The van der Waals surface area contributed by atoms with Crippen molar-refractivity contribution in [2.75, 3.05) is 0 Å². The summed E-state index contributed by atoms with van der Waals surface area (Å²) in [6, 6.07) is 0. The Bertz CT molecular complexity index is 479. The fourth-order valence-corrected chi connectivity index (χ4v) is 1.74. The summed E-state index contributed by atoms with van der Waals surface area (Å²) in [4.78, 5) is 24.2. The minimum Gasteiger partial charge on any atom is -0.459 e. The van der Waals surface area contributed by atoms with Crippen molar-refractivity contribution in [3.8, 4) is 0 Å². The van der Waals surface area contributed by atoms with E-state index < -0.39 is 11.9 Å². The molecule has 0 saturated carbocycles. The van der Waals surface area contributed by atoms with E-state index in [1.807, 2.05) is 13.0 Å². The highest BCUT2D eigenvalue weighted by molar-refractivity contribution is 6.04. The van der Waals surface area contributed by atoms with Crippen LogP contribution in [0.25, 0.3) is 0 Å². The van der Waals surface area contributed by atoms with Gasteiger partial charge in [0.15, 0.2) is 0 Å². The molecule has 0 aliphatic heterocycles. The van der Waals surface area contributed by atoms with E-state index in [1.165, 1.54) is 0 Å². The minimum atomic E-state index is -0.502. The lowest BCUT2D eigenvalue weighted by Gasteiger charge is -2.13. The monoisotopic (exact) mass is 278 g/mol. The van der Waals surface area contributed by atoms with Crippen molar-refractivity contribution in [3.63, 3.8) is 0 Å². The van der Waals surface area contributed by atoms with Crippen LogP contribution in [0.3, 0.4) is 0 Å². The Morgan fingerprint density at radius 2 is 1.50 bits per heavy atom. The standard InChI is InChI=1S/C16H22O4/c1-10(2)19-15(17)13-8-6-7-12(5)9-14(13)16(18)20-11(3)4/h6,8-11H,7H2,1-5H3. The lowest BCUT2D eigenvalue weighted by molar-refractivity contribution is -0.145. The highest BCUT2D eigenvalue weighted by Crippen LogP contribution is 2.21. The molecule has 0 N–H and O–H groups in total. The van der Waals surface area contributed by atoms with Crippen molar-refractivity contribution in [1.29, 1.82) is 0 Å². The van der Waals surface area contributed by atoms with Crippen molar-refractivity contribution in [2.24, 2.45) is 0 Å². The second-order valence-electron chi connectivity index (χ2n) is 5.33. The van der Waals surface area contributed by atoms with Gasteiger partial charge < -0.3 is 9.47 Å². The summed E-state index contributed by atoms with van der Waals surface area (Å²) in [7, 11) is 0. The maximum absolute atomic E-state index is 12.1. The second kappa shape index (κ2) is 7.08. The van der Waals surface area contributed by atoms with Gasteiger partial charge in [0.25, 0.3) is 0 Å². The zero-order valence-electron chi connectivity index (χ0n) is 12.7. The maximum atomic E-state index is 12.1. The summed E-state index contributed by atoms with van der Waals surface area (Å²) in [6.45, 7) is 8.99. The molecule has 0 saturated heterocycles. The SMILES string of the molecule is CC1=CC(C(=O)OC(C)C)=C(C(=O)OC(C)C)C=CC1. The van der Waals surface area contributed by atoms with E-state index in [0.29, 0.717) is 6.42 Å². The first-order valence-corrected chi connectivity index (χ1v) is 6.81. The van der Waals surface area contributed by atoms with Gasteiger partial charge in [-0.3, -0.25) is 0 Å². The van der Waals surface area contributed by atoms with E-state index in [4.69, 9.17) is 9.47 Å². The molecule has 0 aromatic heterocycles.